The predicted octanol–water partition coefficient (Wildman–Crippen LogP) is 2.55. The third kappa shape index (κ3) is 5.56. The number of nitrogens with zero attached hydrogens (tertiary/aromatic N) is 2. The van der Waals surface area contributed by atoms with Crippen LogP contribution in [0.1, 0.15) is 19.8 Å². The van der Waals surface area contributed by atoms with E-state index in [1.54, 1.807) is 23.1 Å². The molecule has 2 aliphatic heterocycles. The molecule has 0 unspecified atom stereocenters. The minimum atomic E-state index is -3.71. The number of fused-ring (bicyclic) bond motifs is 1. The van der Waals surface area contributed by atoms with E-state index >= 15 is 0 Å². The average molecular weight is 491 g/mol. The quantitative estimate of drug-likeness (QED) is 0.561. The van der Waals surface area contributed by atoms with Crippen molar-refractivity contribution in [2.45, 2.75) is 24.7 Å². The Morgan fingerprint density at radius 3 is 2.32 bits per heavy atom. The van der Waals surface area contributed by atoms with Crippen molar-refractivity contribution < 1.29 is 32.2 Å². The van der Waals surface area contributed by atoms with Crippen LogP contribution in [0.2, 0.25) is 0 Å². The van der Waals surface area contributed by atoms with Gasteiger partial charge in [-0.25, -0.2) is 8.42 Å². The maximum absolute atomic E-state index is 13.2. The number of rotatable bonds is 8. The van der Waals surface area contributed by atoms with Gasteiger partial charge in [-0.15, -0.1) is 0 Å². The van der Waals surface area contributed by atoms with Gasteiger partial charge in [-0.2, -0.15) is 4.31 Å². The van der Waals surface area contributed by atoms with Gasteiger partial charge < -0.3 is 23.8 Å². The summed E-state index contributed by atoms with van der Waals surface area (Å²) in [4.78, 5) is 14.5. The zero-order valence-corrected chi connectivity index (χ0v) is 20.1. The van der Waals surface area contributed by atoms with Crippen LogP contribution in [0.15, 0.2) is 47.4 Å². The number of hydrogen-bond donors (Lipinski definition) is 0. The fraction of sp³-hybridized carbons (Fsp3) is 0.458. The summed E-state index contributed by atoms with van der Waals surface area (Å²) in [6, 6.07) is 11.9. The third-order valence-corrected chi connectivity index (χ3v) is 7.50. The smallest absolute Gasteiger partial charge is 0.260 e. The molecule has 2 aromatic rings. The van der Waals surface area contributed by atoms with Crippen molar-refractivity contribution in [3.8, 4) is 23.0 Å². The number of carbonyl (C=O) groups is 1. The number of amides is 1. The van der Waals surface area contributed by atoms with Crippen LogP contribution < -0.4 is 18.9 Å². The van der Waals surface area contributed by atoms with Crippen LogP contribution in [0.25, 0.3) is 0 Å². The minimum Gasteiger partial charge on any atom is -0.490 e. The molecule has 0 bridgehead atoms. The summed E-state index contributed by atoms with van der Waals surface area (Å²) in [5.41, 5.74) is 0. The molecule has 1 saturated heterocycles. The highest BCUT2D eigenvalue weighted by Gasteiger charge is 2.31. The minimum absolute atomic E-state index is 0.137. The largest absolute Gasteiger partial charge is 0.490 e. The van der Waals surface area contributed by atoms with Gasteiger partial charge in [-0.3, -0.25) is 4.79 Å². The van der Waals surface area contributed by atoms with E-state index in [9.17, 15) is 13.2 Å². The summed E-state index contributed by atoms with van der Waals surface area (Å²) in [7, 11) is -3.71. The Morgan fingerprint density at radius 2 is 1.62 bits per heavy atom. The van der Waals surface area contributed by atoms with Crippen molar-refractivity contribution >= 4 is 15.9 Å². The zero-order valence-electron chi connectivity index (χ0n) is 19.3. The van der Waals surface area contributed by atoms with Crippen LogP contribution in [0, 0.1) is 0 Å². The molecule has 184 valence electrons. The normalized spacial score (nSPS) is 16.6. The van der Waals surface area contributed by atoms with Crippen LogP contribution in [-0.4, -0.2) is 76.1 Å². The molecule has 10 heteroatoms. The molecular formula is C24H30N2O7S. The number of para-hydroxylation sites is 2. The Hall–Kier alpha value is -2.98. The molecule has 9 nitrogen and oxygen atoms in total. The Bertz CT molecular complexity index is 1100. The summed E-state index contributed by atoms with van der Waals surface area (Å²) < 4.78 is 50.3. The summed E-state index contributed by atoms with van der Waals surface area (Å²) in [6.45, 7) is 4.46. The lowest BCUT2D eigenvalue weighted by atomic mass is 10.3. The molecule has 2 heterocycles. The Balaban J connectivity index is 1.33. The zero-order chi connectivity index (χ0) is 24.0. The van der Waals surface area contributed by atoms with Crippen LogP contribution >= 0.6 is 0 Å². The van der Waals surface area contributed by atoms with Crippen LogP contribution in [0.5, 0.6) is 23.0 Å². The number of piperazine rings is 1. The van der Waals surface area contributed by atoms with Gasteiger partial charge in [-0.1, -0.05) is 19.1 Å². The van der Waals surface area contributed by atoms with Crippen molar-refractivity contribution in [1.82, 2.24) is 9.21 Å². The van der Waals surface area contributed by atoms with Gasteiger partial charge >= 0.3 is 0 Å². The second kappa shape index (κ2) is 11.0. The first-order valence-corrected chi connectivity index (χ1v) is 12.9. The molecule has 0 N–H and O–H groups in total. The first-order chi connectivity index (χ1) is 16.5. The lowest BCUT2D eigenvalue weighted by molar-refractivity contribution is -0.134. The fourth-order valence-electron chi connectivity index (χ4n) is 3.76. The number of benzene rings is 2. The van der Waals surface area contributed by atoms with Crippen LogP contribution in [0.4, 0.5) is 0 Å². The molecule has 1 amide bonds. The summed E-state index contributed by atoms with van der Waals surface area (Å²) >= 11 is 0. The molecule has 2 aromatic carbocycles. The van der Waals surface area contributed by atoms with E-state index in [2.05, 4.69) is 0 Å². The topological polar surface area (TPSA) is 94.6 Å². The van der Waals surface area contributed by atoms with Crippen molar-refractivity contribution in [2.24, 2.45) is 0 Å². The fourth-order valence-corrected chi connectivity index (χ4v) is 5.20. The first-order valence-electron chi connectivity index (χ1n) is 11.5. The van der Waals surface area contributed by atoms with Crippen LogP contribution in [-0.2, 0) is 14.8 Å². The van der Waals surface area contributed by atoms with Gasteiger partial charge in [0.2, 0.25) is 10.0 Å². The van der Waals surface area contributed by atoms with E-state index in [0.717, 1.165) is 12.8 Å². The Labute approximate surface area is 200 Å². The average Bonchev–Trinajstić information content (AvgIpc) is 3.11. The lowest BCUT2D eigenvalue weighted by Gasteiger charge is -2.34. The summed E-state index contributed by atoms with van der Waals surface area (Å²) in [5, 5.41) is 0. The molecule has 0 saturated carbocycles. The van der Waals surface area contributed by atoms with E-state index < -0.39 is 10.0 Å². The van der Waals surface area contributed by atoms with Crippen molar-refractivity contribution in [2.75, 3.05) is 52.6 Å². The van der Waals surface area contributed by atoms with E-state index in [1.807, 2.05) is 19.1 Å². The second-order valence-corrected chi connectivity index (χ2v) is 9.97. The molecule has 1 fully saturated rings. The van der Waals surface area contributed by atoms with Gasteiger partial charge in [0, 0.05) is 38.7 Å². The molecule has 4 rings (SSSR count). The van der Waals surface area contributed by atoms with E-state index in [4.69, 9.17) is 18.9 Å². The predicted molar refractivity (Wildman–Crippen MR) is 125 cm³/mol. The molecule has 0 spiro atoms. The summed E-state index contributed by atoms with van der Waals surface area (Å²) in [6.07, 6.45) is 1.61. The van der Waals surface area contributed by atoms with E-state index in [-0.39, 0.29) is 30.5 Å². The Morgan fingerprint density at radius 1 is 0.941 bits per heavy atom. The SMILES string of the molecule is CCCOc1ccccc1OCC(=O)N1CCN(S(=O)(=O)c2ccc3c(c2)OCCCO3)CC1. The third-order valence-electron chi connectivity index (χ3n) is 5.61. The number of hydrogen-bond acceptors (Lipinski definition) is 7. The molecule has 0 aliphatic carbocycles. The van der Waals surface area contributed by atoms with Crippen molar-refractivity contribution in [3.63, 3.8) is 0 Å². The highest BCUT2D eigenvalue weighted by molar-refractivity contribution is 7.89. The number of ether oxygens (including phenoxy) is 4. The Kier molecular flexibility index (Phi) is 7.79. The molecule has 0 atom stereocenters. The van der Waals surface area contributed by atoms with Crippen LogP contribution in [0.3, 0.4) is 0 Å². The van der Waals surface area contributed by atoms with Gasteiger partial charge in [0.15, 0.2) is 29.6 Å². The second-order valence-electron chi connectivity index (χ2n) is 8.03. The van der Waals surface area contributed by atoms with Gasteiger partial charge in [0.1, 0.15) is 0 Å². The molecule has 0 radical (unpaired) electrons. The summed E-state index contributed by atoms with van der Waals surface area (Å²) in [5.74, 6) is 1.90. The standard InChI is InChI=1S/C24H30N2O7S/c1-2-14-30-20-6-3-4-7-21(20)33-18-24(27)25-10-12-26(13-11-25)34(28,29)19-8-9-22-23(17-19)32-16-5-15-31-22/h3-4,6-9,17H,2,5,10-16,18H2,1H3. The van der Waals surface area contributed by atoms with Gasteiger partial charge in [0.05, 0.1) is 24.7 Å². The van der Waals surface area contributed by atoms with Gasteiger partial charge in [0.25, 0.3) is 5.91 Å². The highest BCUT2D eigenvalue weighted by Crippen LogP contribution is 2.33. The monoisotopic (exact) mass is 490 g/mol. The number of sulfonamides is 1. The highest BCUT2D eigenvalue weighted by atomic mass is 32.2. The molecule has 34 heavy (non-hydrogen) atoms. The van der Waals surface area contributed by atoms with Gasteiger partial charge in [-0.05, 0) is 30.7 Å². The first kappa shape index (κ1) is 24.2. The molecule has 2 aliphatic rings. The van der Waals surface area contributed by atoms with Crippen molar-refractivity contribution in [1.29, 1.82) is 0 Å². The number of carbonyl (C=O) groups excluding carboxylic acids is 1. The van der Waals surface area contributed by atoms with E-state index in [0.29, 0.717) is 55.9 Å². The maximum atomic E-state index is 13.2. The van der Waals surface area contributed by atoms with E-state index in [1.165, 1.54) is 16.4 Å². The van der Waals surface area contributed by atoms with Crippen molar-refractivity contribution in [3.05, 3.63) is 42.5 Å². The molecule has 0 aromatic heterocycles. The maximum Gasteiger partial charge on any atom is 0.260 e. The molecular weight excluding hydrogens is 460 g/mol. The lowest BCUT2D eigenvalue weighted by Crippen LogP contribution is -2.51.